The van der Waals surface area contributed by atoms with Crippen molar-refractivity contribution in [2.75, 3.05) is 20.1 Å². The molecular formula is C21H27N5O2. The lowest BCUT2D eigenvalue weighted by Gasteiger charge is -2.31. The number of nitrogens with zero attached hydrogens (tertiary/aromatic N) is 1. The number of rotatable bonds is 5. The normalized spacial score (nSPS) is 20.4. The number of likely N-dealkylation sites (N-methyl/N-ethyl adjacent to an activating group) is 1. The van der Waals surface area contributed by atoms with E-state index in [0.717, 1.165) is 43.4 Å². The molecular weight excluding hydrogens is 354 g/mol. The van der Waals surface area contributed by atoms with Gasteiger partial charge < -0.3 is 26.3 Å². The molecule has 1 fully saturated rings. The molecule has 0 aliphatic carbocycles. The van der Waals surface area contributed by atoms with Gasteiger partial charge in [-0.15, -0.1) is 0 Å². The van der Waals surface area contributed by atoms with Crippen LogP contribution in [0.3, 0.4) is 0 Å². The van der Waals surface area contributed by atoms with Gasteiger partial charge in [-0.1, -0.05) is 30.3 Å². The maximum Gasteiger partial charge on any atom is 0.259 e. The average Bonchev–Trinajstić information content (AvgIpc) is 2.74. The predicted octanol–water partition coefficient (Wildman–Crippen LogP) is 1.67. The fourth-order valence-electron chi connectivity index (χ4n) is 3.56. The zero-order valence-electron chi connectivity index (χ0n) is 16.3. The largest absolute Gasteiger partial charge is 0.344 e. The highest BCUT2D eigenvalue weighted by Crippen LogP contribution is 2.24. The highest BCUT2D eigenvalue weighted by atomic mass is 16.2. The standard InChI is InChI=1S/C21H27N5O2/c1-14(15-6-4-3-5-7-15)26(2)21(28)17(13-22)20-24-18(12-19(27)25-20)16-8-10-23-11-9-16/h3-7,12-14,16,22-24H,8-11H2,1-2H3,(H,25,27)/b20-17-,22-13?. The van der Waals surface area contributed by atoms with Gasteiger partial charge in [-0.3, -0.25) is 9.59 Å². The third-order valence-electron chi connectivity index (χ3n) is 5.41. The van der Waals surface area contributed by atoms with Crippen LogP contribution >= 0.6 is 0 Å². The highest BCUT2D eigenvalue weighted by molar-refractivity contribution is 6.12. The fraction of sp³-hybridized carbons (Fsp3) is 0.381. The van der Waals surface area contributed by atoms with Crippen LogP contribution in [0.1, 0.15) is 31.4 Å². The second kappa shape index (κ2) is 8.84. The third-order valence-corrected chi connectivity index (χ3v) is 5.41. The van der Waals surface area contributed by atoms with Crippen molar-refractivity contribution >= 4 is 18.0 Å². The molecule has 3 rings (SSSR count). The van der Waals surface area contributed by atoms with E-state index in [-0.39, 0.29) is 35.2 Å². The number of nitrogens with one attached hydrogen (secondary N) is 4. The molecule has 1 unspecified atom stereocenters. The molecule has 0 radical (unpaired) electrons. The Balaban J connectivity index is 1.83. The Morgan fingerprint density at radius 2 is 1.89 bits per heavy atom. The number of allylic oxidation sites excluding steroid dienone is 1. The van der Waals surface area contributed by atoms with Crippen LogP contribution in [0.5, 0.6) is 0 Å². The van der Waals surface area contributed by atoms with Crippen molar-refractivity contribution in [3.63, 3.8) is 0 Å². The van der Waals surface area contributed by atoms with Gasteiger partial charge in [-0.05, 0) is 38.4 Å². The van der Waals surface area contributed by atoms with Crippen molar-refractivity contribution in [3.8, 4) is 0 Å². The molecule has 28 heavy (non-hydrogen) atoms. The van der Waals surface area contributed by atoms with Crippen molar-refractivity contribution in [1.82, 2.24) is 20.9 Å². The highest BCUT2D eigenvalue weighted by Gasteiger charge is 2.28. The summed E-state index contributed by atoms with van der Waals surface area (Å²) in [6, 6.07) is 9.55. The summed E-state index contributed by atoms with van der Waals surface area (Å²) in [6.45, 7) is 3.74. The zero-order chi connectivity index (χ0) is 20.1. The second-order valence-corrected chi connectivity index (χ2v) is 7.17. The number of carbonyl (C=O) groups is 2. The first-order valence-electron chi connectivity index (χ1n) is 9.58. The van der Waals surface area contributed by atoms with Crippen LogP contribution in [0.15, 0.2) is 53.5 Å². The number of hydrogen-bond donors (Lipinski definition) is 4. The average molecular weight is 381 g/mol. The molecule has 148 valence electrons. The first kappa shape index (κ1) is 19.8. The van der Waals surface area contributed by atoms with Crippen molar-refractivity contribution in [2.24, 2.45) is 5.92 Å². The summed E-state index contributed by atoms with van der Waals surface area (Å²) in [5.74, 6) is -0.0626. The van der Waals surface area contributed by atoms with Crippen LogP contribution in [-0.2, 0) is 9.59 Å². The van der Waals surface area contributed by atoms with Crippen LogP contribution in [0.25, 0.3) is 0 Å². The molecule has 2 heterocycles. The molecule has 1 aromatic rings. The van der Waals surface area contributed by atoms with Crippen molar-refractivity contribution in [2.45, 2.75) is 25.8 Å². The zero-order valence-corrected chi connectivity index (χ0v) is 16.3. The molecule has 0 bridgehead atoms. The molecule has 7 nitrogen and oxygen atoms in total. The topological polar surface area (TPSA) is 97.3 Å². The lowest BCUT2D eigenvalue weighted by atomic mass is 9.93. The van der Waals surface area contributed by atoms with E-state index >= 15 is 0 Å². The van der Waals surface area contributed by atoms with Crippen molar-refractivity contribution < 1.29 is 9.59 Å². The molecule has 2 aliphatic rings. The Bertz CT molecular complexity index is 809. The first-order valence-corrected chi connectivity index (χ1v) is 9.58. The Hall–Kier alpha value is -2.93. The Morgan fingerprint density at radius 1 is 1.21 bits per heavy atom. The molecule has 2 aliphatic heterocycles. The number of amides is 2. The summed E-state index contributed by atoms with van der Waals surface area (Å²) in [4.78, 5) is 26.9. The van der Waals surface area contributed by atoms with E-state index in [1.165, 1.54) is 0 Å². The summed E-state index contributed by atoms with van der Waals surface area (Å²) in [5, 5.41) is 17.0. The number of carbonyl (C=O) groups excluding carboxylic acids is 2. The van der Waals surface area contributed by atoms with Gasteiger partial charge in [0.05, 0.1) is 11.6 Å². The summed E-state index contributed by atoms with van der Waals surface area (Å²) in [7, 11) is 1.71. The van der Waals surface area contributed by atoms with Gasteiger partial charge in [-0.25, -0.2) is 0 Å². The lowest BCUT2D eigenvalue weighted by Crippen LogP contribution is -2.43. The fourth-order valence-corrected chi connectivity index (χ4v) is 3.56. The molecule has 4 N–H and O–H groups in total. The van der Waals surface area contributed by atoms with E-state index < -0.39 is 0 Å². The molecule has 0 aromatic heterocycles. The SMILES string of the molecule is CC(c1ccccc1)N(C)C(=O)/C(C=N)=C1\NC(=O)C=C(C2CCNCC2)N1. The smallest absolute Gasteiger partial charge is 0.259 e. The molecule has 0 saturated carbocycles. The summed E-state index contributed by atoms with van der Waals surface area (Å²) in [5.41, 5.74) is 1.95. The van der Waals surface area contributed by atoms with Crippen LogP contribution in [0.4, 0.5) is 0 Å². The van der Waals surface area contributed by atoms with E-state index in [1.54, 1.807) is 18.0 Å². The van der Waals surface area contributed by atoms with Gasteiger partial charge in [-0.2, -0.15) is 0 Å². The van der Waals surface area contributed by atoms with Gasteiger partial charge in [0.1, 0.15) is 5.82 Å². The van der Waals surface area contributed by atoms with Gasteiger partial charge in [0.25, 0.3) is 11.8 Å². The maximum atomic E-state index is 13.1. The van der Waals surface area contributed by atoms with E-state index in [0.29, 0.717) is 0 Å². The van der Waals surface area contributed by atoms with Crippen LogP contribution in [-0.4, -0.2) is 43.1 Å². The van der Waals surface area contributed by atoms with Crippen LogP contribution < -0.4 is 16.0 Å². The quantitative estimate of drug-likeness (QED) is 0.461. The van der Waals surface area contributed by atoms with Crippen LogP contribution in [0.2, 0.25) is 0 Å². The van der Waals surface area contributed by atoms with Gasteiger partial charge >= 0.3 is 0 Å². The molecule has 2 amide bonds. The summed E-state index contributed by atoms with van der Waals surface area (Å²) < 4.78 is 0. The summed E-state index contributed by atoms with van der Waals surface area (Å²) in [6.07, 6.45) is 4.42. The van der Waals surface area contributed by atoms with Crippen molar-refractivity contribution in [1.29, 1.82) is 5.41 Å². The Labute approximate surface area is 165 Å². The minimum absolute atomic E-state index is 0.137. The van der Waals surface area contributed by atoms with Gasteiger partial charge in [0, 0.05) is 31.0 Å². The van der Waals surface area contributed by atoms with Crippen LogP contribution in [0, 0.1) is 11.3 Å². The monoisotopic (exact) mass is 381 g/mol. The maximum absolute atomic E-state index is 13.1. The number of piperidine rings is 1. The molecule has 1 atom stereocenters. The summed E-state index contributed by atoms with van der Waals surface area (Å²) >= 11 is 0. The number of benzene rings is 1. The van der Waals surface area contributed by atoms with E-state index in [2.05, 4.69) is 16.0 Å². The Morgan fingerprint density at radius 3 is 2.54 bits per heavy atom. The second-order valence-electron chi connectivity index (χ2n) is 7.17. The molecule has 1 saturated heterocycles. The van der Waals surface area contributed by atoms with Gasteiger partial charge in [0.2, 0.25) is 0 Å². The Kier molecular flexibility index (Phi) is 6.26. The minimum atomic E-state index is -0.319. The van der Waals surface area contributed by atoms with E-state index in [9.17, 15) is 9.59 Å². The molecule has 7 heteroatoms. The predicted molar refractivity (Wildman–Crippen MR) is 108 cm³/mol. The third kappa shape index (κ3) is 4.31. The minimum Gasteiger partial charge on any atom is -0.344 e. The molecule has 0 spiro atoms. The van der Waals surface area contributed by atoms with E-state index in [1.807, 2.05) is 37.3 Å². The molecule has 1 aromatic carbocycles. The van der Waals surface area contributed by atoms with Gasteiger partial charge in [0.15, 0.2) is 0 Å². The van der Waals surface area contributed by atoms with Crippen molar-refractivity contribution in [3.05, 3.63) is 59.1 Å². The first-order chi connectivity index (χ1) is 13.5. The van der Waals surface area contributed by atoms with E-state index in [4.69, 9.17) is 5.41 Å². The number of hydrogen-bond acceptors (Lipinski definition) is 5. The lowest BCUT2D eigenvalue weighted by molar-refractivity contribution is -0.127.